The van der Waals surface area contributed by atoms with Crippen molar-refractivity contribution in [2.45, 2.75) is 13.8 Å². The van der Waals surface area contributed by atoms with Crippen LogP contribution >= 0.6 is 0 Å². The fourth-order valence-electron chi connectivity index (χ4n) is 3.11. The molecule has 0 radical (unpaired) electrons. The second-order valence-electron chi connectivity index (χ2n) is 5.21. The molecule has 3 heterocycles. The van der Waals surface area contributed by atoms with E-state index >= 15 is 0 Å². The fraction of sp³-hybridized carbons (Fsp3) is 0.500. The summed E-state index contributed by atoms with van der Waals surface area (Å²) in [5, 5.41) is 15.0. The zero-order chi connectivity index (χ0) is 13.4. The highest BCUT2D eigenvalue weighted by Crippen LogP contribution is 2.39. The maximum Gasteiger partial charge on any atom is 0.150 e. The Hall–Kier alpha value is -1.43. The standard InChI is InChI=1S/C14H19N4O/c1-3-16-18-9-11-8-17(19)7-10(2)13(11)12-5-4-6-15-14(12)18/h4-6,10,16H,3,7-9H2,1-2H3/q-1. The van der Waals surface area contributed by atoms with Crippen LogP contribution in [0.3, 0.4) is 0 Å². The van der Waals surface area contributed by atoms with Gasteiger partial charge in [0.15, 0.2) is 5.82 Å². The number of fused-ring (bicyclic) bond motifs is 2. The van der Waals surface area contributed by atoms with Crippen LogP contribution in [0, 0.1) is 11.1 Å². The highest BCUT2D eigenvalue weighted by molar-refractivity contribution is 5.82. The van der Waals surface area contributed by atoms with Crippen LogP contribution in [-0.2, 0) is 0 Å². The van der Waals surface area contributed by atoms with E-state index in [1.54, 1.807) is 0 Å². The Bertz CT molecular complexity index is 514. The van der Waals surface area contributed by atoms with Crippen molar-refractivity contribution >= 4 is 11.4 Å². The van der Waals surface area contributed by atoms with Gasteiger partial charge in [0.25, 0.3) is 0 Å². The first-order valence-electron chi connectivity index (χ1n) is 6.81. The molecule has 19 heavy (non-hydrogen) atoms. The molecule has 5 nitrogen and oxygen atoms in total. The molecule has 0 aliphatic carbocycles. The number of hydrazine groups is 1. The zero-order valence-electron chi connectivity index (χ0n) is 11.4. The first kappa shape index (κ1) is 12.6. The first-order chi connectivity index (χ1) is 9.20. The molecule has 0 aromatic carbocycles. The van der Waals surface area contributed by atoms with Crippen molar-refractivity contribution in [1.29, 1.82) is 0 Å². The van der Waals surface area contributed by atoms with Crippen LogP contribution in [0.5, 0.6) is 0 Å². The minimum absolute atomic E-state index is 0.271. The molecule has 1 aromatic rings. The third-order valence-corrected chi connectivity index (χ3v) is 3.75. The van der Waals surface area contributed by atoms with Gasteiger partial charge in [-0.25, -0.2) is 10.4 Å². The average Bonchev–Trinajstić information content (AvgIpc) is 2.38. The van der Waals surface area contributed by atoms with E-state index in [0.29, 0.717) is 13.1 Å². The Morgan fingerprint density at radius 1 is 1.47 bits per heavy atom. The van der Waals surface area contributed by atoms with Crippen LogP contribution < -0.4 is 10.4 Å². The van der Waals surface area contributed by atoms with Gasteiger partial charge in [-0.3, -0.25) is 5.01 Å². The Kier molecular flexibility index (Phi) is 3.26. The van der Waals surface area contributed by atoms with Crippen LogP contribution in [0.1, 0.15) is 19.4 Å². The van der Waals surface area contributed by atoms with E-state index in [4.69, 9.17) is 0 Å². The van der Waals surface area contributed by atoms with E-state index in [0.717, 1.165) is 24.0 Å². The third kappa shape index (κ3) is 2.14. The summed E-state index contributed by atoms with van der Waals surface area (Å²) in [4.78, 5) is 4.50. The summed E-state index contributed by atoms with van der Waals surface area (Å²) in [5.74, 6) is 1.25. The Labute approximate surface area is 113 Å². The largest absolute Gasteiger partial charge is 0.785 e. The Morgan fingerprint density at radius 2 is 2.32 bits per heavy atom. The maximum atomic E-state index is 11.7. The van der Waals surface area contributed by atoms with Gasteiger partial charge in [0.1, 0.15) is 0 Å². The van der Waals surface area contributed by atoms with Crippen molar-refractivity contribution in [1.82, 2.24) is 15.5 Å². The van der Waals surface area contributed by atoms with Gasteiger partial charge in [-0.15, -0.1) is 0 Å². The van der Waals surface area contributed by atoms with Crippen LogP contribution in [0.4, 0.5) is 5.82 Å². The van der Waals surface area contributed by atoms with Crippen LogP contribution in [0.25, 0.3) is 5.57 Å². The predicted molar refractivity (Wildman–Crippen MR) is 76.3 cm³/mol. The Morgan fingerprint density at radius 3 is 3.11 bits per heavy atom. The van der Waals surface area contributed by atoms with Gasteiger partial charge in [0, 0.05) is 24.8 Å². The molecule has 1 unspecified atom stereocenters. The summed E-state index contributed by atoms with van der Waals surface area (Å²) in [6.07, 6.45) is 1.82. The van der Waals surface area contributed by atoms with Gasteiger partial charge < -0.3 is 10.3 Å². The lowest BCUT2D eigenvalue weighted by Gasteiger charge is -2.44. The van der Waals surface area contributed by atoms with Gasteiger partial charge in [-0.1, -0.05) is 13.8 Å². The number of hydrogen-bond acceptors (Lipinski definition) is 5. The monoisotopic (exact) mass is 259 g/mol. The first-order valence-corrected chi connectivity index (χ1v) is 6.81. The van der Waals surface area contributed by atoms with Crippen molar-refractivity contribution in [3.05, 3.63) is 34.7 Å². The molecule has 2 aliphatic rings. The van der Waals surface area contributed by atoms with Crippen LogP contribution in [-0.4, -0.2) is 36.2 Å². The Balaban J connectivity index is 2.08. The van der Waals surface area contributed by atoms with E-state index in [2.05, 4.69) is 35.3 Å². The molecule has 5 heteroatoms. The highest BCUT2D eigenvalue weighted by atomic mass is 16.5. The van der Waals surface area contributed by atoms with Gasteiger partial charge in [0.2, 0.25) is 0 Å². The van der Waals surface area contributed by atoms with E-state index in [1.807, 2.05) is 12.3 Å². The number of rotatable bonds is 2. The predicted octanol–water partition coefficient (Wildman–Crippen LogP) is 1.63. The smallest absolute Gasteiger partial charge is 0.150 e. The summed E-state index contributed by atoms with van der Waals surface area (Å²) in [7, 11) is 0. The second kappa shape index (κ2) is 4.92. The molecule has 1 aromatic heterocycles. The molecule has 1 atom stereocenters. The van der Waals surface area contributed by atoms with Gasteiger partial charge in [-0.2, -0.15) is 0 Å². The molecule has 0 saturated carbocycles. The summed E-state index contributed by atoms with van der Waals surface area (Å²) in [6, 6.07) is 4.08. The minimum Gasteiger partial charge on any atom is -0.785 e. The highest BCUT2D eigenvalue weighted by Gasteiger charge is 2.30. The van der Waals surface area contributed by atoms with E-state index in [-0.39, 0.29) is 5.92 Å². The van der Waals surface area contributed by atoms with E-state index in [9.17, 15) is 5.21 Å². The quantitative estimate of drug-likeness (QED) is 0.875. The van der Waals surface area contributed by atoms with E-state index in [1.165, 1.54) is 16.7 Å². The number of hydroxylamine groups is 2. The van der Waals surface area contributed by atoms with Crippen molar-refractivity contribution in [3.8, 4) is 0 Å². The number of pyridine rings is 1. The molecule has 0 fully saturated rings. The molecule has 0 bridgehead atoms. The van der Waals surface area contributed by atoms with E-state index < -0.39 is 0 Å². The van der Waals surface area contributed by atoms with Crippen molar-refractivity contribution in [2.75, 3.05) is 31.2 Å². The van der Waals surface area contributed by atoms with Crippen LogP contribution in [0.2, 0.25) is 0 Å². The average molecular weight is 259 g/mol. The third-order valence-electron chi connectivity index (χ3n) is 3.75. The lowest BCUT2D eigenvalue weighted by molar-refractivity contribution is 0.353. The molecule has 0 saturated heterocycles. The molecular weight excluding hydrogens is 240 g/mol. The van der Waals surface area contributed by atoms with Crippen molar-refractivity contribution in [2.24, 2.45) is 5.92 Å². The number of nitrogens with zero attached hydrogens (tertiary/aromatic N) is 3. The molecule has 2 aliphatic heterocycles. The van der Waals surface area contributed by atoms with Gasteiger partial charge in [0.05, 0.1) is 6.54 Å². The fourth-order valence-corrected chi connectivity index (χ4v) is 3.11. The lowest BCUT2D eigenvalue weighted by Crippen LogP contribution is -2.46. The zero-order valence-corrected chi connectivity index (χ0v) is 11.4. The van der Waals surface area contributed by atoms with Crippen molar-refractivity contribution < 1.29 is 0 Å². The maximum absolute atomic E-state index is 11.7. The summed E-state index contributed by atoms with van der Waals surface area (Å²) in [5.41, 5.74) is 7.03. The number of nitrogens with one attached hydrogen (secondary N) is 1. The molecule has 0 amide bonds. The number of hydrogen-bond donors (Lipinski definition) is 1. The van der Waals surface area contributed by atoms with Gasteiger partial charge >= 0.3 is 0 Å². The molecule has 3 rings (SSSR count). The summed E-state index contributed by atoms with van der Waals surface area (Å²) in [6.45, 7) is 6.87. The normalized spacial score (nSPS) is 23.3. The lowest BCUT2D eigenvalue weighted by atomic mass is 9.84. The summed E-state index contributed by atoms with van der Waals surface area (Å²) >= 11 is 0. The second-order valence-corrected chi connectivity index (χ2v) is 5.21. The van der Waals surface area contributed by atoms with Gasteiger partial charge in [-0.05, 0) is 35.7 Å². The molecule has 0 spiro atoms. The number of anilines is 1. The topological polar surface area (TPSA) is 54.5 Å². The molecule has 102 valence electrons. The van der Waals surface area contributed by atoms with Crippen molar-refractivity contribution in [3.63, 3.8) is 0 Å². The minimum atomic E-state index is 0.271. The molecule has 1 N–H and O–H groups in total. The number of aromatic nitrogens is 1. The van der Waals surface area contributed by atoms with Crippen LogP contribution in [0.15, 0.2) is 23.9 Å². The molecular formula is C14H19N4O-. The summed E-state index contributed by atoms with van der Waals surface area (Å²) < 4.78 is 0. The SMILES string of the molecule is CCNN1CC2=C(c3cccnc31)C(C)CN([O-])C2.